The maximum absolute atomic E-state index is 7.88. The largest absolute Gasteiger partial charge is 0.489 e. The molecule has 0 spiro atoms. The van der Waals surface area contributed by atoms with Crippen LogP contribution in [0.4, 0.5) is 0 Å². The number of ether oxygens (including phenoxy) is 1. The fraction of sp³-hybridized carbons (Fsp3) is 0.259. The Labute approximate surface area is 189 Å². The molecule has 5 nitrogen and oxygen atoms in total. The third-order valence-corrected chi connectivity index (χ3v) is 6.19. The number of rotatable bonds is 7. The number of nitrogens with two attached hydrogens (primary N) is 1. The van der Waals surface area contributed by atoms with Crippen molar-refractivity contribution in [1.82, 2.24) is 4.90 Å². The maximum atomic E-state index is 7.88. The van der Waals surface area contributed by atoms with E-state index >= 15 is 0 Å². The Kier molecular flexibility index (Phi) is 6.26. The van der Waals surface area contributed by atoms with Crippen LogP contribution < -0.4 is 10.5 Å². The van der Waals surface area contributed by atoms with Crippen molar-refractivity contribution < 1.29 is 4.74 Å². The molecule has 0 bridgehead atoms. The molecule has 1 aliphatic rings. The summed E-state index contributed by atoms with van der Waals surface area (Å²) >= 11 is 0. The lowest BCUT2D eigenvalue weighted by Gasteiger charge is -2.18. The molecule has 164 valence electrons. The molecule has 0 aromatic heterocycles. The molecule has 4 rings (SSSR count). The molecule has 1 heterocycles. The number of nitrogens with one attached hydrogen (secondary N) is 2. The number of amidine groups is 2. The molecule has 2 unspecified atom stereocenters. The summed E-state index contributed by atoms with van der Waals surface area (Å²) in [5, 5.41) is 17.8. The molecule has 32 heavy (non-hydrogen) atoms. The zero-order valence-electron chi connectivity index (χ0n) is 18.5. The molecule has 0 aliphatic carbocycles. The van der Waals surface area contributed by atoms with Crippen molar-refractivity contribution in [3.63, 3.8) is 0 Å². The highest BCUT2D eigenvalue weighted by molar-refractivity contribution is 5.99. The standard InChI is InChI=1S/C27H30N4O/c1-3-26(28)31-13-12-25(17-31)32-24-10-8-20(9-11-24)18(2)14-19-4-5-21-6-7-22(27(29)30)16-23(21)15-19/h3-11,15-16,18,25,28H,1,12-14,17H2,2H3,(H3,29,30). The first-order valence-electron chi connectivity index (χ1n) is 11.0. The normalized spacial score (nSPS) is 16.7. The first-order valence-corrected chi connectivity index (χ1v) is 11.0. The van der Waals surface area contributed by atoms with E-state index in [1.165, 1.54) is 11.1 Å². The fourth-order valence-corrected chi connectivity index (χ4v) is 4.30. The summed E-state index contributed by atoms with van der Waals surface area (Å²) in [5.41, 5.74) is 8.94. The van der Waals surface area contributed by atoms with Gasteiger partial charge in [-0.2, -0.15) is 0 Å². The van der Waals surface area contributed by atoms with Gasteiger partial charge in [0.25, 0.3) is 0 Å². The topological polar surface area (TPSA) is 86.2 Å². The van der Waals surface area contributed by atoms with E-state index in [2.05, 4.69) is 43.8 Å². The number of nitrogen functional groups attached to an aromatic ring is 1. The van der Waals surface area contributed by atoms with Gasteiger partial charge in [-0.1, -0.05) is 56.0 Å². The third kappa shape index (κ3) is 4.83. The van der Waals surface area contributed by atoms with E-state index in [1.54, 1.807) is 6.08 Å². The summed E-state index contributed by atoms with van der Waals surface area (Å²) in [6, 6.07) is 20.8. The number of nitrogens with zero attached hydrogens (tertiary/aromatic N) is 1. The Morgan fingerprint density at radius 1 is 1.12 bits per heavy atom. The zero-order valence-corrected chi connectivity index (χ0v) is 18.5. The lowest BCUT2D eigenvalue weighted by atomic mass is 9.92. The van der Waals surface area contributed by atoms with Crippen molar-refractivity contribution in [1.29, 1.82) is 10.8 Å². The molecule has 3 aromatic carbocycles. The van der Waals surface area contributed by atoms with E-state index in [0.29, 0.717) is 11.8 Å². The predicted octanol–water partition coefficient (Wildman–Crippen LogP) is 5.09. The molecular weight excluding hydrogens is 396 g/mol. The number of fused-ring (bicyclic) bond motifs is 1. The summed E-state index contributed by atoms with van der Waals surface area (Å²) < 4.78 is 6.13. The molecule has 2 atom stereocenters. The van der Waals surface area contributed by atoms with Gasteiger partial charge in [-0.15, -0.1) is 0 Å². The minimum Gasteiger partial charge on any atom is -0.489 e. The molecule has 0 radical (unpaired) electrons. The van der Waals surface area contributed by atoms with Crippen molar-refractivity contribution >= 4 is 22.4 Å². The predicted molar refractivity (Wildman–Crippen MR) is 132 cm³/mol. The summed E-state index contributed by atoms with van der Waals surface area (Å²) in [6.07, 6.45) is 3.54. The molecule has 4 N–H and O–H groups in total. The summed E-state index contributed by atoms with van der Waals surface area (Å²) in [7, 11) is 0. The molecule has 1 fully saturated rings. The summed E-state index contributed by atoms with van der Waals surface area (Å²) in [5.74, 6) is 1.80. The highest BCUT2D eigenvalue weighted by atomic mass is 16.5. The van der Waals surface area contributed by atoms with Crippen molar-refractivity contribution in [2.24, 2.45) is 5.73 Å². The Morgan fingerprint density at radius 2 is 1.88 bits per heavy atom. The summed E-state index contributed by atoms with van der Waals surface area (Å²) in [4.78, 5) is 2.00. The lowest BCUT2D eigenvalue weighted by Crippen LogP contribution is -2.28. The second kappa shape index (κ2) is 9.27. The Balaban J connectivity index is 1.39. The van der Waals surface area contributed by atoms with Gasteiger partial charge >= 0.3 is 0 Å². The Hall–Kier alpha value is -3.60. The number of likely N-dealkylation sites (tertiary alicyclic amines) is 1. The van der Waals surface area contributed by atoms with Gasteiger partial charge in [0.05, 0.1) is 6.54 Å². The highest BCUT2D eigenvalue weighted by Gasteiger charge is 2.24. The molecule has 0 amide bonds. The van der Waals surface area contributed by atoms with Crippen LogP contribution in [0.15, 0.2) is 73.3 Å². The molecule has 3 aromatic rings. The van der Waals surface area contributed by atoms with Crippen LogP contribution in [-0.4, -0.2) is 35.8 Å². The van der Waals surface area contributed by atoms with Crippen LogP contribution in [0.3, 0.4) is 0 Å². The minimum absolute atomic E-state index is 0.0947. The van der Waals surface area contributed by atoms with E-state index in [0.717, 1.165) is 48.0 Å². The Morgan fingerprint density at radius 3 is 2.59 bits per heavy atom. The maximum Gasteiger partial charge on any atom is 0.122 e. The van der Waals surface area contributed by atoms with Gasteiger partial charge in [-0.3, -0.25) is 10.8 Å². The van der Waals surface area contributed by atoms with Crippen molar-refractivity contribution in [2.45, 2.75) is 31.8 Å². The molecule has 1 saturated heterocycles. The first kappa shape index (κ1) is 21.6. The monoisotopic (exact) mass is 426 g/mol. The summed E-state index contributed by atoms with van der Waals surface area (Å²) in [6.45, 7) is 7.48. The zero-order chi connectivity index (χ0) is 22.7. The highest BCUT2D eigenvalue weighted by Crippen LogP contribution is 2.26. The quantitative estimate of drug-likeness (QED) is 0.363. The van der Waals surface area contributed by atoms with Crippen molar-refractivity contribution in [2.75, 3.05) is 13.1 Å². The van der Waals surface area contributed by atoms with Crippen LogP contribution in [0, 0.1) is 10.8 Å². The Bertz CT molecular complexity index is 1150. The van der Waals surface area contributed by atoms with Gasteiger partial charge in [0.2, 0.25) is 0 Å². The van der Waals surface area contributed by atoms with Gasteiger partial charge in [0, 0.05) is 18.5 Å². The third-order valence-electron chi connectivity index (χ3n) is 6.19. The first-order chi connectivity index (χ1) is 15.4. The molecule has 5 heteroatoms. The van der Waals surface area contributed by atoms with E-state index in [-0.39, 0.29) is 11.9 Å². The number of benzene rings is 3. The smallest absolute Gasteiger partial charge is 0.122 e. The van der Waals surface area contributed by atoms with Crippen LogP contribution >= 0.6 is 0 Å². The van der Waals surface area contributed by atoms with Gasteiger partial charge < -0.3 is 15.4 Å². The second-order valence-electron chi connectivity index (χ2n) is 8.55. The van der Waals surface area contributed by atoms with Gasteiger partial charge in [0.1, 0.15) is 23.5 Å². The molecular formula is C27H30N4O. The van der Waals surface area contributed by atoms with Crippen LogP contribution in [0.25, 0.3) is 10.8 Å². The van der Waals surface area contributed by atoms with E-state index in [4.69, 9.17) is 21.3 Å². The van der Waals surface area contributed by atoms with Crippen LogP contribution in [0.2, 0.25) is 0 Å². The molecule has 0 saturated carbocycles. The number of hydrogen-bond donors (Lipinski definition) is 3. The van der Waals surface area contributed by atoms with E-state index in [1.807, 2.05) is 35.2 Å². The lowest BCUT2D eigenvalue weighted by molar-refractivity contribution is 0.214. The van der Waals surface area contributed by atoms with Crippen LogP contribution in [0.5, 0.6) is 5.75 Å². The van der Waals surface area contributed by atoms with Crippen molar-refractivity contribution in [3.05, 3.63) is 90.0 Å². The van der Waals surface area contributed by atoms with Gasteiger partial charge in [-0.05, 0) is 58.5 Å². The SMILES string of the molecule is C=CC(=N)N1CCC(Oc2ccc(C(C)Cc3ccc4ccc(C(=N)N)cc4c3)cc2)C1. The average Bonchev–Trinajstić information content (AvgIpc) is 3.27. The van der Waals surface area contributed by atoms with Crippen LogP contribution in [-0.2, 0) is 6.42 Å². The average molecular weight is 427 g/mol. The second-order valence-corrected chi connectivity index (χ2v) is 8.55. The van der Waals surface area contributed by atoms with Gasteiger partial charge in [-0.25, -0.2) is 0 Å². The van der Waals surface area contributed by atoms with E-state index < -0.39 is 0 Å². The molecule has 1 aliphatic heterocycles. The minimum atomic E-state index is 0.0947. The fourth-order valence-electron chi connectivity index (χ4n) is 4.30. The van der Waals surface area contributed by atoms with E-state index in [9.17, 15) is 0 Å². The number of hydrogen-bond acceptors (Lipinski definition) is 3. The van der Waals surface area contributed by atoms with Crippen molar-refractivity contribution in [3.8, 4) is 5.75 Å². The van der Waals surface area contributed by atoms with Gasteiger partial charge in [0.15, 0.2) is 0 Å². The van der Waals surface area contributed by atoms with Crippen LogP contribution in [0.1, 0.15) is 36.0 Å².